The van der Waals surface area contributed by atoms with Gasteiger partial charge in [0.05, 0.1) is 10.2 Å². The van der Waals surface area contributed by atoms with Gasteiger partial charge in [-0.2, -0.15) is 0 Å². The minimum Gasteiger partial charge on any atom is -0.338 e. The van der Waals surface area contributed by atoms with Crippen molar-refractivity contribution in [2.24, 2.45) is 0 Å². The fourth-order valence-electron chi connectivity index (χ4n) is 2.54. The Bertz CT molecular complexity index is 1020. The molecule has 114 valence electrons. The molecule has 0 spiro atoms. The molecule has 4 nitrogen and oxygen atoms in total. The number of thiazole rings is 1. The number of rotatable bonds is 3. The Hall–Kier alpha value is -2.37. The van der Waals surface area contributed by atoms with Crippen LogP contribution in [-0.4, -0.2) is 15.5 Å². The molecular formula is C17H12ClN3OS. The van der Waals surface area contributed by atoms with Crippen LogP contribution in [0.25, 0.3) is 21.1 Å². The molecule has 0 aliphatic heterocycles. The van der Waals surface area contributed by atoms with E-state index in [1.54, 1.807) is 6.07 Å². The topological polar surface area (TPSA) is 46.9 Å². The number of amides is 1. The number of nitrogens with one attached hydrogen (secondary N) is 1. The summed E-state index contributed by atoms with van der Waals surface area (Å²) < 4.78 is 2.88. The first-order valence-corrected chi connectivity index (χ1v) is 8.28. The number of para-hydroxylation sites is 1. The molecule has 1 N–H and O–H groups in total. The van der Waals surface area contributed by atoms with Crippen LogP contribution in [0.2, 0.25) is 5.02 Å². The summed E-state index contributed by atoms with van der Waals surface area (Å²) in [6, 6.07) is 15.5. The quantitative estimate of drug-likeness (QED) is 0.594. The number of benzene rings is 2. The van der Waals surface area contributed by atoms with Gasteiger partial charge in [0, 0.05) is 16.7 Å². The van der Waals surface area contributed by atoms with Gasteiger partial charge in [0.2, 0.25) is 5.91 Å². The molecule has 23 heavy (non-hydrogen) atoms. The first-order chi connectivity index (χ1) is 11.2. The van der Waals surface area contributed by atoms with Gasteiger partial charge >= 0.3 is 0 Å². The third-order valence-electron chi connectivity index (χ3n) is 3.59. The maximum absolute atomic E-state index is 12.3. The van der Waals surface area contributed by atoms with E-state index >= 15 is 0 Å². The van der Waals surface area contributed by atoms with Gasteiger partial charge in [-0.05, 0) is 35.7 Å². The van der Waals surface area contributed by atoms with Crippen molar-refractivity contribution in [3.05, 3.63) is 59.8 Å². The van der Waals surface area contributed by atoms with Crippen molar-refractivity contribution < 1.29 is 4.79 Å². The lowest BCUT2D eigenvalue weighted by atomic mass is 10.2. The number of anilines is 1. The third-order valence-corrected chi connectivity index (χ3v) is 4.76. The maximum atomic E-state index is 12.3. The van der Waals surface area contributed by atoms with Crippen LogP contribution in [0.1, 0.15) is 0 Å². The number of hydrogen-bond acceptors (Lipinski definition) is 3. The van der Waals surface area contributed by atoms with Gasteiger partial charge in [0.25, 0.3) is 0 Å². The summed E-state index contributed by atoms with van der Waals surface area (Å²) in [5, 5.41) is 5.23. The molecule has 0 bridgehead atoms. The van der Waals surface area contributed by atoms with Gasteiger partial charge in [0.1, 0.15) is 6.54 Å². The van der Waals surface area contributed by atoms with E-state index in [2.05, 4.69) is 10.3 Å². The Labute approximate surface area is 141 Å². The SMILES string of the molecule is O=C(Cn1ccc2ccccc21)Nc1nc2ccc(Cl)cc2s1. The van der Waals surface area contributed by atoms with Crippen LogP contribution in [0.3, 0.4) is 0 Å². The maximum Gasteiger partial charge on any atom is 0.246 e. The molecule has 0 saturated carbocycles. The highest BCUT2D eigenvalue weighted by atomic mass is 35.5. The Morgan fingerprint density at radius 3 is 3.00 bits per heavy atom. The minimum absolute atomic E-state index is 0.100. The van der Waals surface area contributed by atoms with Gasteiger partial charge in [-0.25, -0.2) is 4.98 Å². The molecule has 4 rings (SSSR count). The van der Waals surface area contributed by atoms with Crippen molar-refractivity contribution in [2.75, 3.05) is 5.32 Å². The van der Waals surface area contributed by atoms with E-state index < -0.39 is 0 Å². The summed E-state index contributed by atoms with van der Waals surface area (Å²) in [4.78, 5) is 16.7. The first kappa shape index (κ1) is 14.2. The number of carbonyl (C=O) groups excluding carboxylic acids is 1. The normalized spacial score (nSPS) is 11.2. The summed E-state index contributed by atoms with van der Waals surface area (Å²) in [7, 11) is 0. The predicted octanol–water partition coefficient (Wildman–Crippen LogP) is 4.54. The lowest BCUT2D eigenvalue weighted by Gasteiger charge is -2.05. The van der Waals surface area contributed by atoms with E-state index in [1.165, 1.54) is 11.3 Å². The summed E-state index contributed by atoms with van der Waals surface area (Å²) in [5.41, 5.74) is 1.87. The van der Waals surface area contributed by atoms with Crippen LogP contribution in [0.5, 0.6) is 0 Å². The molecule has 4 aromatic rings. The molecule has 0 saturated heterocycles. The van der Waals surface area contributed by atoms with Gasteiger partial charge in [-0.1, -0.05) is 41.1 Å². The largest absolute Gasteiger partial charge is 0.338 e. The number of fused-ring (bicyclic) bond motifs is 2. The number of aromatic nitrogens is 2. The average Bonchev–Trinajstić information content (AvgIpc) is 3.11. The monoisotopic (exact) mass is 341 g/mol. The van der Waals surface area contributed by atoms with Gasteiger partial charge in [-0.15, -0.1) is 0 Å². The second-order valence-corrected chi connectivity index (χ2v) is 6.65. The second-order valence-electron chi connectivity index (χ2n) is 5.18. The van der Waals surface area contributed by atoms with E-state index in [0.29, 0.717) is 10.2 Å². The fourth-order valence-corrected chi connectivity index (χ4v) is 3.70. The van der Waals surface area contributed by atoms with Crippen LogP contribution >= 0.6 is 22.9 Å². The molecule has 0 fully saturated rings. The molecular weight excluding hydrogens is 330 g/mol. The van der Waals surface area contributed by atoms with E-state index in [0.717, 1.165) is 21.1 Å². The van der Waals surface area contributed by atoms with E-state index in [1.807, 2.05) is 53.2 Å². The van der Waals surface area contributed by atoms with Crippen molar-refractivity contribution in [3.63, 3.8) is 0 Å². The van der Waals surface area contributed by atoms with Crippen LogP contribution in [0, 0.1) is 0 Å². The highest BCUT2D eigenvalue weighted by Gasteiger charge is 2.10. The smallest absolute Gasteiger partial charge is 0.246 e. The molecule has 2 aromatic heterocycles. The lowest BCUT2D eigenvalue weighted by Crippen LogP contribution is -2.18. The second kappa shape index (κ2) is 5.68. The highest BCUT2D eigenvalue weighted by molar-refractivity contribution is 7.22. The van der Waals surface area contributed by atoms with Crippen molar-refractivity contribution in [3.8, 4) is 0 Å². The highest BCUT2D eigenvalue weighted by Crippen LogP contribution is 2.28. The van der Waals surface area contributed by atoms with Crippen LogP contribution in [0.4, 0.5) is 5.13 Å². The first-order valence-electron chi connectivity index (χ1n) is 7.09. The van der Waals surface area contributed by atoms with Gasteiger partial charge < -0.3 is 9.88 Å². The van der Waals surface area contributed by atoms with Crippen LogP contribution in [0.15, 0.2) is 54.7 Å². The van der Waals surface area contributed by atoms with Gasteiger partial charge in [-0.3, -0.25) is 4.79 Å². The standard InChI is InChI=1S/C17H12ClN3OS/c18-12-5-6-13-15(9-12)23-17(19-13)20-16(22)10-21-8-7-11-3-1-2-4-14(11)21/h1-9H,10H2,(H,19,20,22). The Morgan fingerprint density at radius 1 is 1.22 bits per heavy atom. The number of halogens is 1. The Morgan fingerprint density at radius 2 is 2.09 bits per heavy atom. The van der Waals surface area contributed by atoms with E-state index in [9.17, 15) is 4.79 Å². The lowest BCUT2D eigenvalue weighted by molar-refractivity contribution is -0.116. The third kappa shape index (κ3) is 2.81. The predicted molar refractivity (Wildman–Crippen MR) is 95.2 cm³/mol. The molecule has 2 heterocycles. The molecule has 0 radical (unpaired) electrons. The number of hydrogen-bond donors (Lipinski definition) is 1. The van der Waals surface area contributed by atoms with Crippen molar-refractivity contribution >= 4 is 55.1 Å². The molecule has 1 amide bonds. The molecule has 6 heteroatoms. The fraction of sp³-hybridized carbons (Fsp3) is 0.0588. The summed E-state index contributed by atoms with van der Waals surface area (Å²) >= 11 is 7.39. The molecule has 0 atom stereocenters. The zero-order valence-electron chi connectivity index (χ0n) is 12.0. The molecule has 0 aliphatic carbocycles. The number of carbonyl (C=O) groups is 1. The zero-order chi connectivity index (χ0) is 15.8. The zero-order valence-corrected chi connectivity index (χ0v) is 13.6. The molecule has 2 aromatic carbocycles. The molecule has 0 unspecified atom stereocenters. The van der Waals surface area contributed by atoms with Crippen molar-refractivity contribution in [2.45, 2.75) is 6.54 Å². The summed E-state index contributed by atoms with van der Waals surface area (Å²) in [6.45, 7) is 0.254. The van der Waals surface area contributed by atoms with E-state index in [4.69, 9.17) is 11.6 Å². The van der Waals surface area contributed by atoms with E-state index in [-0.39, 0.29) is 12.5 Å². The van der Waals surface area contributed by atoms with Crippen LogP contribution < -0.4 is 5.32 Å². The Kier molecular flexibility index (Phi) is 3.52. The van der Waals surface area contributed by atoms with Crippen molar-refractivity contribution in [1.82, 2.24) is 9.55 Å². The Balaban J connectivity index is 1.54. The number of nitrogens with zero attached hydrogens (tertiary/aromatic N) is 2. The summed E-state index contributed by atoms with van der Waals surface area (Å²) in [5.74, 6) is -0.100. The summed E-state index contributed by atoms with van der Waals surface area (Å²) in [6.07, 6.45) is 1.92. The molecule has 0 aliphatic rings. The minimum atomic E-state index is -0.100. The van der Waals surface area contributed by atoms with Gasteiger partial charge in [0.15, 0.2) is 5.13 Å². The van der Waals surface area contributed by atoms with Crippen molar-refractivity contribution in [1.29, 1.82) is 0 Å². The average molecular weight is 342 g/mol. The van der Waals surface area contributed by atoms with Crippen LogP contribution in [-0.2, 0) is 11.3 Å².